The zero-order valence-electron chi connectivity index (χ0n) is 11.1. The normalized spacial score (nSPS) is 24.6. The van der Waals surface area contributed by atoms with E-state index in [1.807, 2.05) is 4.90 Å². The molecule has 1 unspecified atom stereocenters. The smallest absolute Gasteiger partial charge is 0.274 e. The Morgan fingerprint density at radius 2 is 2.11 bits per heavy atom. The number of rotatable bonds is 2. The lowest BCUT2D eigenvalue weighted by atomic mass is 9.88. The molecule has 3 rings (SSSR count). The zero-order chi connectivity index (χ0) is 13.1. The molecule has 2 aliphatic heterocycles. The molecule has 2 saturated heterocycles. The van der Waals surface area contributed by atoms with E-state index in [9.17, 15) is 4.79 Å². The molecule has 0 saturated carbocycles. The topological polar surface area (TPSA) is 58.1 Å². The Hall–Kier alpha value is -1.49. The summed E-state index contributed by atoms with van der Waals surface area (Å²) in [5, 5.41) is 3.58. The molecule has 1 amide bonds. The first-order chi connectivity index (χ1) is 9.34. The van der Waals surface area contributed by atoms with Crippen LogP contribution in [-0.2, 0) is 0 Å². The van der Waals surface area contributed by atoms with Gasteiger partial charge in [-0.2, -0.15) is 0 Å². The molecule has 0 bridgehead atoms. The van der Waals surface area contributed by atoms with Crippen LogP contribution in [0.3, 0.4) is 0 Å². The van der Waals surface area contributed by atoms with E-state index in [1.165, 1.54) is 12.8 Å². The standard InChI is InChI=1S/C14H20N4O/c19-14(13-10-15-6-7-17-13)18-8-3-11(4-9-18)12-2-1-5-16-12/h6-7,10-12,16H,1-5,8-9H2. The number of nitrogens with zero attached hydrogens (tertiary/aromatic N) is 3. The van der Waals surface area contributed by atoms with Crippen molar-refractivity contribution in [2.75, 3.05) is 19.6 Å². The maximum atomic E-state index is 12.2. The highest BCUT2D eigenvalue weighted by Crippen LogP contribution is 2.26. The Kier molecular flexibility index (Phi) is 3.73. The van der Waals surface area contributed by atoms with E-state index < -0.39 is 0 Å². The molecule has 5 heteroatoms. The van der Waals surface area contributed by atoms with Crippen LogP contribution in [0.15, 0.2) is 18.6 Å². The van der Waals surface area contributed by atoms with Crippen molar-refractivity contribution < 1.29 is 4.79 Å². The Morgan fingerprint density at radius 3 is 2.74 bits per heavy atom. The van der Waals surface area contributed by atoms with Gasteiger partial charge in [-0.25, -0.2) is 4.98 Å². The molecule has 1 atom stereocenters. The van der Waals surface area contributed by atoms with Crippen molar-refractivity contribution in [3.05, 3.63) is 24.3 Å². The zero-order valence-corrected chi connectivity index (χ0v) is 11.1. The SMILES string of the molecule is O=C(c1cnccn1)N1CCC(C2CCCN2)CC1. The maximum absolute atomic E-state index is 12.2. The minimum absolute atomic E-state index is 0.0194. The van der Waals surface area contributed by atoms with Crippen LogP contribution in [0.25, 0.3) is 0 Å². The molecular weight excluding hydrogens is 240 g/mol. The van der Waals surface area contributed by atoms with Crippen LogP contribution in [0.2, 0.25) is 0 Å². The van der Waals surface area contributed by atoms with Gasteiger partial charge >= 0.3 is 0 Å². The largest absolute Gasteiger partial charge is 0.337 e. The number of hydrogen-bond acceptors (Lipinski definition) is 4. The predicted octanol–water partition coefficient (Wildman–Crippen LogP) is 1.08. The predicted molar refractivity (Wildman–Crippen MR) is 71.7 cm³/mol. The van der Waals surface area contributed by atoms with Gasteiger partial charge in [0.25, 0.3) is 5.91 Å². The monoisotopic (exact) mass is 260 g/mol. The van der Waals surface area contributed by atoms with Crippen molar-refractivity contribution in [2.45, 2.75) is 31.7 Å². The lowest BCUT2D eigenvalue weighted by Crippen LogP contribution is -2.43. The van der Waals surface area contributed by atoms with E-state index in [-0.39, 0.29) is 5.91 Å². The second kappa shape index (κ2) is 5.65. The first kappa shape index (κ1) is 12.5. The van der Waals surface area contributed by atoms with Gasteiger partial charge in [0.1, 0.15) is 5.69 Å². The lowest BCUT2D eigenvalue weighted by molar-refractivity contribution is 0.0668. The minimum Gasteiger partial charge on any atom is -0.337 e. The third-order valence-electron chi connectivity index (χ3n) is 4.28. The van der Waals surface area contributed by atoms with Gasteiger partial charge in [0, 0.05) is 31.5 Å². The molecule has 0 aromatic carbocycles. The van der Waals surface area contributed by atoms with E-state index >= 15 is 0 Å². The Balaban J connectivity index is 1.56. The van der Waals surface area contributed by atoms with E-state index in [4.69, 9.17) is 0 Å². The number of likely N-dealkylation sites (tertiary alicyclic amines) is 1. The van der Waals surface area contributed by atoms with E-state index in [0.717, 1.165) is 38.4 Å². The quantitative estimate of drug-likeness (QED) is 0.864. The highest BCUT2D eigenvalue weighted by Gasteiger charge is 2.30. The highest BCUT2D eigenvalue weighted by molar-refractivity contribution is 5.91. The molecule has 0 spiro atoms. The number of hydrogen-bond donors (Lipinski definition) is 1. The van der Waals surface area contributed by atoms with Crippen molar-refractivity contribution >= 4 is 5.91 Å². The van der Waals surface area contributed by atoms with Crippen LogP contribution in [0.1, 0.15) is 36.2 Å². The summed E-state index contributed by atoms with van der Waals surface area (Å²) in [6.45, 7) is 2.85. The van der Waals surface area contributed by atoms with E-state index in [1.54, 1.807) is 18.6 Å². The summed E-state index contributed by atoms with van der Waals surface area (Å²) >= 11 is 0. The van der Waals surface area contributed by atoms with E-state index in [0.29, 0.717) is 11.7 Å². The average molecular weight is 260 g/mol. The number of piperidine rings is 1. The van der Waals surface area contributed by atoms with Gasteiger partial charge < -0.3 is 10.2 Å². The molecule has 2 aliphatic rings. The second-order valence-electron chi connectivity index (χ2n) is 5.42. The number of carbonyl (C=O) groups excluding carboxylic acids is 1. The van der Waals surface area contributed by atoms with Gasteiger partial charge in [0.05, 0.1) is 6.20 Å². The van der Waals surface area contributed by atoms with Crippen molar-refractivity contribution in [1.29, 1.82) is 0 Å². The van der Waals surface area contributed by atoms with Crippen LogP contribution < -0.4 is 5.32 Å². The molecule has 3 heterocycles. The Morgan fingerprint density at radius 1 is 1.26 bits per heavy atom. The molecule has 1 N–H and O–H groups in total. The van der Waals surface area contributed by atoms with Crippen molar-refractivity contribution in [3.63, 3.8) is 0 Å². The molecule has 19 heavy (non-hydrogen) atoms. The number of carbonyl (C=O) groups is 1. The van der Waals surface area contributed by atoms with E-state index in [2.05, 4.69) is 15.3 Å². The molecule has 0 radical (unpaired) electrons. The number of amides is 1. The molecule has 2 fully saturated rings. The fraction of sp³-hybridized carbons (Fsp3) is 0.643. The summed E-state index contributed by atoms with van der Waals surface area (Å²) in [6, 6.07) is 0.675. The average Bonchev–Trinajstić information content (AvgIpc) is 3.02. The van der Waals surface area contributed by atoms with Crippen LogP contribution in [0.4, 0.5) is 0 Å². The summed E-state index contributed by atoms with van der Waals surface area (Å²) in [5.74, 6) is 0.749. The van der Waals surface area contributed by atoms with Crippen LogP contribution in [0, 0.1) is 5.92 Å². The Bertz CT molecular complexity index is 422. The third-order valence-corrected chi connectivity index (χ3v) is 4.28. The van der Waals surface area contributed by atoms with Gasteiger partial charge in [-0.3, -0.25) is 9.78 Å². The number of aromatic nitrogens is 2. The summed E-state index contributed by atoms with van der Waals surface area (Å²) in [6.07, 6.45) is 9.50. The second-order valence-corrected chi connectivity index (χ2v) is 5.42. The minimum atomic E-state index is 0.0194. The maximum Gasteiger partial charge on any atom is 0.274 e. The molecule has 5 nitrogen and oxygen atoms in total. The summed E-state index contributed by atoms with van der Waals surface area (Å²) in [4.78, 5) is 22.2. The highest BCUT2D eigenvalue weighted by atomic mass is 16.2. The van der Waals surface area contributed by atoms with Gasteiger partial charge in [-0.1, -0.05) is 0 Å². The van der Waals surface area contributed by atoms with Gasteiger partial charge in [-0.05, 0) is 38.1 Å². The van der Waals surface area contributed by atoms with Crippen molar-refractivity contribution in [2.24, 2.45) is 5.92 Å². The third kappa shape index (κ3) is 2.76. The lowest BCUT2D eigenvalue weighted by Gasteiger charge is -2.34. The van der Waals surface area contributed by atoms with Crippen LogP contribution in [-0.4, -0.2) is 46.5 Å². The van der Waals surface area contributed by atoms with Crippen LogP contribution in [0.5, 0.6) is 0 Å². The summed E-state index contributed by atoms with van der Waals surface area (Å²) in [7, 11) is 0. The molecule has 0 aliphatic carbocycles. The summed E-state index contributed by atoms with van der Waals surface area (Å²) < 4.78 is 0. The van der Waals surface area contributed by atoms with Gasteiger partial charge in [0.2, 0.25) is 0 Å². The molecular formula is C14H20N4O. The first-order valence-electron chi connectivity index (χ1n) is 7.13. The molecule has 1 aromatic rings. The summed E-state index contributed by atoms with van der Waals surface area (Å²) in [5.41, 5.74) is 0.458. The van der Waals surface area contributed by atoms with Crippen molar-refractivity contribution in [1.82, 2.24) is 20.2 Å². The van der Waals surface area contributed by atoms with Crippen LogP contribution >= 0.6 is 0 Å². The Labute approximate surface area is 113 Å². The number of nitrogens with one attached hydrogen (secondary N) is 1. The first-order valence-corrected chi connectivity index (χ1v) is 7.13. The van der Waals surface area contributed by atoms with Gasteiger partial charge in [-0.15, -0.1) is 0 Å². The fourth-order valence-electron chi connectivity index (χ4n) is 3.19. The van der Waals surface area contributed by atoms with Crippen molar-refractivity contribution in [3.8, 4) is 0 Å². The molecule has 1 aromatic heterocycles. The molecule has 102 valence electrons. The van der Waals surface area contributed by atoms with Gasteiger partial charge in [0.15, 0.2) is 0 Å². The fourth-order valence-corrected chi connectivity index (χ4v) is 3.19.